The molecule has 116 valence electrons. The Morgan fingerprint density at radius 2 is 2.10 bits per heavy atom. The monoisotopic (exact) mass is 291 g/mol. The summed E-state index contributed by atoms with van der Waals surface area (Å²) in [4.78, 5) is 14.1. The molecule has 2 atom stereocenters. The number of benzene rings is 1. The van der Waals surface area contributed by atoms with E-state index in [0.29, 0.717) is 6.54 Å². The molecular weight excluding hydrogens is 266 g/mol. The van der Waals surface area contributed by atoms with E-state index in [1.165, 1.54) is 0 Å². The third kappa shape index (κ3) is 3.43. The van der Waals surface area contributed by atoms with Crippen molar-refractivity contribution in [3.05, 3.63) is 35.9 Å². The van der Waals surface area contributed by atoms with Gasteiger partial charge in [-0.3, -0.25) is 9.69 Å². The molecule has 1 heterocycles. The van der Waals surface area contributed by atoms with Crippen LogP contribution in [0.15, 0.2) is 30.3 Å². The van der Waals surface area contributed by atoms with Crippen molar-refractivity contribution in [3.8, 4) is 0 Å². The average Bonchev–Trinajstić information content (AvgIpc) is 2.48. The van der Waals surface area contributed by atoms with Gasteiger partial charge in [-0.05, 0) is 31.9 Å². The van der Waals surface area contributed by atoms with Gasteiger partial charge < -0.3 is 16.2 Å². The highest BCUT2D eigenvalue weighted by Crippen LogP contribution is 2.27. The van der Waals surface area contributed by atoms with Crippen molar-refractivity contribution in [3.63, 3.8) is 0 Å². The first-order valence-electron chi connectivity index (χ1n) is 7.31. The number of amides is 1. The number of likely N-dealkylation sites (tertiary alicyclic amines) is 1. The number of rotatable bonds is 5. The maximum Gasteiger partial charge on any atom is 0.243 e. The molecule has 0 aliphatic carbocycles. The van der Waals surface area contributed by atoms with Crippen molar-refractivity contribution in [1.82, 2.24) is 4.90 Å². The molecule has 0 saturated carbocycles. The lowest BCUT2D eigenvalue weighted by Gasteiger charge is -2.42. The first-order valence-corrected chi connectivity index (χ1v) is 7.31. The van der Waals surface area contributed by atoms with Gasteiger partial charge in [0.15, 0.2) is 0 Å². The minimum atomic E-state index is -1.17. The van der Waals surface area contributed by atoms with Crippen LogP contribution in [-0.4, -0.2) is 43.2 Å². The maximum atomic E-state index is 12.0. The number of hydrogen-bond donors (Lipinski definition) is 2. The molecule has 1 aromatic rings. The molecule has 5 nitrogen and oxygen atoms in total. The van der Waals surface area contributed by atoms with Crippen molar-refractivity contribution < 1.29 is 9.53 Å². The number of carbonyl (C=O) groups is 1. The molecule has 0 aromatic heterocycles. The molecule has 21 heavy (non-hydrogen) atoms. The lowest BCUT2D eigenvalue weighted by molar-refractivity contribution is -0.125. The molecule has 1 amide bonds. The van der Waals surface area contributed by atoms with Crippen LogP contribution in [0.3, 0.4) is 0 Å². The topological polar surface area (TPSA) is 81.6 Å². The molecule has 1 fully saturated rings. The molecule has 0 spiro atoms. The number of nitrogens with zero attached hydrogens (tertiary/aromatic N) is 1. The maximum absolute atomic E-state index is 12.0. The summed E-state index contributed by atoms with van der Waals surface area (Å²) in [6, 6.07) is 9.34. The Bertz CT molecular complexity index is 494. The molecule has 2 unspecified atom stereocenters. The first kappa shape index (κ1) is 15.9. The zero-order valence-corrected chi connectivity index (χ0v) is 12.8. The summed E-state index contributed by atoms with van der Waals surface area (Å²) in [5.74, 6) is -0.501. The molecule has 1 aliphatic rings. The Kier molecular flexibility index (Phi) is 4.66. The zero-order chi connectivity index (χ0) is 15.5. The van der Waals surface area contributed by atoms with E-state index >= 15 is 0 Å². The summed E-state index contributed by atoms with van der Waals surface area (Å²) in [5.41, 5.74) is 11.4. The predicted octanol–water partition coefficient (Wildman–Crippen LogP) is 0.827. The van der Waals surface area contributed by atoms with E-state index in [9.17, 15) is 4.79 Å². The average molecular weight is 291 g/mol. The van der Waals surface area contributed by atoms with Crippen LogP contribution in [0, 0.1) is 0 Å². The molecule has 0 bridgehead atoms. The van der Waals surface area contributed by atoms with Gasteiger partial charge in [0.05, 0.1) is 5.60 Å². The number of hydrogen-bond acceptors (Lipinski definition) is 4. The van der Waals surface area contributed by atoms with Gasteiger partial charge in [-0.2, -0.15) is 0 Å². The fourth-order valence-electron chi connectivity index (χ4n) is 3.01. The minimum Gasteiger partial charge on any atom is -0.377 e. The van der Waals surface area contributed by atoms with Gasteiger partial charge in [0.1, 0.15) is 5.54 Å². The lowest BCUT2D eigenvalue weighted by Crippen LogP contribution is -2.59. The Balaban J connectivity index is 2.19. The number of primary amides is 1. The van der Waals surface area contributed by atoms with E-state index in [1.54, 1.807) is 7.11 Å². The number of methoxy groups -OCH3 is 1. The van der Waals surface area contributed by atoms with E-state index in [1.807, 2.05) is 30.3 Å². The number of carbonyl (C=O) groups excluding carboxylic acids is 1. The van der Waals surface area contributed by atoms with Crippen LogP contribution >= 0.6 is 0 Å². The molecule has 2 rings (SSSR count). The fraction of sp³-hybridized carbons (Fsp3) is 0.562. The lowest BCUT2D eigenvalue weighted by atomic mass is 9.87. The Hall–Kier alpha value is -1.43. The highest BCUT2D eigenvalue weighted by atomic mass is 16.5. The highest BCUT2D eigenvalue weighted by Gasteiger charge is 2.39. The van der Waals surface area contributed by atoms with E-state index in [4.69, 9.17) is 16.2 Å². The highest BCUT2D eigenvalue weighted by molar-refractivity contribution is 5.86. The van der Waals surface area contributed by atoms with Crippen LogP contribution in [-0.2, 0) is 15.1 Å². The molecule has 5 heteroatoms. The van der Waals surface area contributed by atoms with Crippen molar-refractivity contribution in [1.29, 1.82) is 0 Å². The summed E-state index contributed by atoms with van der Waals surface area (Å²) in [6.07, 6.45) is 2.04. The Labute approximate surface area is 126 Å². The number of ether oxygens (including phenoxy) is 1. The van der Waals surface area contributed by atoms with Crippen LogP contribution in [0.5, 0.6) is 0 Å². The van der Waals surface area contributed by atoms with Crippen molar-refractivity contribution in [2.75, 3.05) is 26.7 Å². The van der Waals surface area contributed by atoms with Crippen LogP contribution in [0.25, 0.3) is 0 Å². The quantitative estimate of drug-likeness (QED) is 0.842. The third-order valence-electron chi connectivity index (χ3n) is 4.43. The van der Waals surface area contributed by atoms with Gasteiger partial charge in [-0.25, -0.2) is 0 Å². The minimum absolute atomic E-state index is 0.187. The van der Waals surface area contributed by atoms with Gasteiger partial charge in [0.2, 0.25) is 5.91 Å². The smallest absolute Gasteiger partial charge is 0.243 e. The van der Waals surface area contributed by atoms with Gasteiger partial charge in [0, 0.05) is 20.2 Å². The standard InChI is InChI=1S/C16H25N3O2/c1-15(21-2)9-6-10-19(11-15)12-16(18,14(17)20)13-7-4-3-5-8-13/h3-5,7-8H,6,9-12,18H2,1-2H3,(H2,17,20). The predicted molar refractivity (Wildman–Crippen MR) is 82.6 cm³/mol. The SMILES string of the molecule is COC1(C)CCCN(CC(N)(C(N)=O)c2ccccc2)C1. The molecular formula is C16H25N3O2. The van der Waals surface area contributed by atoms with Crippen LogP contribution in [0.4, 0.5) is 0 Å². The molecule has 1 saturated heterocycles. The second-order valence-corrected chi connectivity index (χ2v) is 6.17. The van der Waals surface area contributed by atoms with E-state index < -0.39 is 11.4 Å². The second kappa shape index (κ2) is 6.13. The Morgan fingerprint density at radius 1 is 1.43 bits per heavy atom. The van der Waals surface area contributed by atoms with E-state index in [0.717, 1.165) is 31.5 Å². The molecule has 4 N–H and O–H groups in total. The van der Waals surface area contributed by atoms with Gasteiger partial charge in [-0.15, -0.1) is 0 Å². The van der Waals surface area contributed by atoms with Gasteiger partial charge in [0.25, 0.3) is 0 Å². The molecule has 1 aliphatic heterocycles. The zero-order valence-electron chi connectivity index (χ0n) is 12.8. The van der Waals surface area contributed by atoms with Gasteiger partial charge in [-0.1, -0.05) is 30.3 Å². The normalized spacial score (nSPS) is 26.2. The fourth-order valence-corrected chi connectivity index (χ4v) is 3.01. The van der Waals surface area contributed by atoms with Gasteiger partial charge >= 0.3 is 0 Å². The summed E-state index contributed by atoms with van der Waals surface area (Å²) in [7, 11) is 1.73. The van der Waals surface area contributed by atoms with E-state index in [2.05, 4.69) is 11.8 Å². The molecule has 0 radical (unpaired) electrons. The molecule has 1 aromatic carbocycles. The van der Waals surface area contributed by atoms with E-state index in [-0.39, 0.29) is 5.60 Å². The summed E-state index contributed by atoms with van der Waals surface area (Å²) < 4.78 is 5.59. The largest absolute Gasteiger partial charge is 0.377 e. The van der Waals surface area contributed by atoms with Crippen LogP contribution < -0.4 is 11.5 Å². The summed E-state index contributed by atoms with van der Waals surface area (Å²) in [5, 5.41) is 0. The Morgan fingerprint density at radius 3 is 2.67 bits per heavy atom. The van der Waals surface area contributed by atoms with Crippen LogP contribution in [0.2, 0.25) is 0 Å². The number of nitrogens with two attached hydrogens (primary N) is 2. The van der Waals surface area contributed by atoms with Crippen molar-refractivity contribution >= 4 is 5.91 Å². The first-order chi connectivity index (χ1) is 9.89. The summed E-state index contributed by atoms with van der Waals surface area (Å²) in [6.45, 7) is 4.15. The van der Waals surface area contributed by atoms with Crippen molar-refractivity contribution in [2.45, 2.75) is 30.9 Å². The van der Waals surface area contributed by atoms with Crippen LogP contribution in [0.1, 0.15) is 25.3 Å². The number of piperidine rings is 1. The summed E-state index contributed by atoms with van der Waals surface area (Å²) >= 11 is 0. The second-order valence-electron chi connectivity index (χ2n) is 6.17. The third-order valence-corrected chi connectivity index (χ3v) is 4.43. The van der Waals surface area contributed by atoms with Crippen molar-refractivity contribution in [2.24, 2.45) is 11.5 Å².